The number of carbonyl (C=O) groups is 1. The highest BCUT2D eigenvalue weighted by Crippen LogP contribution is 2.29. The summed E-state index contributed by atoms with van der Waals surface area (Å²) >= 11 is 0. The summed E-state index contributed by atoms with van der Waals surface area (Å²) in [6.45, 7) is 6.44. The maximum atomic E-state index is 12.7. The quantitative estimate of drug-likeness (QED) is 0.901. The number of carbonyl (C=O) groups excluding carboxylic acids is 1. The standard InChI is InChI=1S/C17H26N2O3/c1-12-7-8-18(10-16(12)20)11-17(21)19(14-4-5-14)9-15-6-3-13(2)22-15/h3,6,12,14,16,20H,4-5,7-11H2,1-2H3. The Morgan fingerprint density at radius 3 is 2.77 bits per heavy atom. The second-order valence-electron chi connectivity index (χ2n) is 6.83. The molecule has 0 radical (unpaired) electrons. The fourth-order valence-corrected chi connectivity index (χ4v) is 3.09. The third-order valence-corrected chi connectivity index (χ3v) is 4.79. The molecule has 2 unspecified atom stereocenters. The van der Waals surface area contributed by atoms with Crippen LogP contribution in [0.5, 0.6) is 0 Å². The average Bonchev–Trinajstić information content (AvgIpc) is 3.23. The number of aliphatic hydroxyl groups is 1. The van der Waals surface area contributed by atoms with Crippen LogP contribution in [0.15, 0.2) is 16.5 Å². The summed E-state index contributed by atoms with van der Waals surface area (Å²) in [6, 6.07) is 4.25. The Labute approximate surface area is 131 Å². The summed E-state index contributed by atoms with van der Waals surface area (Å²) in [6.07, 6.45) is 2.81. The van der Waals surface area contributed by atoms with E-state index in [9.17, 15) is 9.90 Å². The van der Waals surface area contributed by atoms with Gasteiger partial charge in [0.25, 0.3) is 0 Å². The highest BCUT2D eigenvalue weighted by Gasteiger charge is 2.34. The average molecular weight is 306 g/mol. The SMILES string of the molecule is Cc1ccc(CN(C(=O)CN2CCC(C)C(O)C2)C2CC2)o1. The van der Waals surface area contributed by atoms with Crippen molar-refractivity contribution in [1.82, 2.24) is 9.80 Å². The molecule has 22 heavy (non-hydrogen) atoms. The number of piperidine rings is 1. The predicted molar refractivity (Wildman–Crippen MR) is 83.2 cm³/mol. The minimum absolute atomic E-state index is 0.151. The Morgan fingerprint density at radius 1 is 1.41 bits per heavy atom. The van der Waals surface area contributed by atoms with Gasteiger partial charge in [-0.25, -0.2) is 0 Å². The van der Waals surface area contributed by atoms with E-state index in [-0.39, 0.29) is 12.0 Å². The van der Waals surface area contributed by atoms with Gasteiger partial charge in [0.2, 0.25) is 5.91 Å². The summed E-state index contributed by atoms with van der Waals surface area (Å²) in [5.41, 5.74) is 0. The molecule has 2 fully saturated rings. The van der Waals surface area contributed by atoms with Gasteiger partial charge in [-0.05, 0) is 50.8 Å². The van der Waals surface area contributed by atoms with Gasteiger partial charge in [0.15, 0.2) is 0 Å². The molecule has 1 aromatic heterocycles. The van der Waals surface area contributed by atoms with Crippen molar-refractivity contribution in [2.24, 2.45) is 5.92 Å². The van der Waals surface area contributed by atoms with Gasteiger partial charge in [0.05, 0.1) is 19.2 Å². The normalized spacial score (nSPS) is 26.1. The van der Waals surface area contributed by atoms with E-state index in [2.05, 4.69) is 11.8 Å². The Kier molecular flexibility index (Phi) is 4.54. The van der Waals surface area contributed by atoms with Crippen LogP contribution in [-0.2, 0) is 11.3 Å². The number of β-amino-alcohol motifs (C(OH)–C–C–N with tert-alkyl or cyclic N) is 1. The number of hydrogen-bond donors (Lipinski definition) is 1. The molecule has 5 nitrogen and oxygen atoms in total. The Bertz CT molecular complexity index is 524. The number of hydrogen-bond acceptors (Lipinski definition) is 4. The molecule has 1 saturated heterocycles. The Balaban J connectivity index is 1.58. The van der Waals surface area contributed by atoms with Gasteiger partial charge in [0, 0.05) is 12.6 Å². The Morgan fingerprint density at radius 2 is 2.18 bits per heavy atom. The number of nitrogens with zero attached hydrogens (tertiary/aromatic N) is 2. The zero-order chi connectivity index (χ0) is 15.7. The third kappa shape index (κ3) is 3.70. The maximum absolute atomic E-state index is 12.7. The highest BCUT2D eigenvalue weighted by molar-refractivity contribution is 5.79. The summed E-state index contributed by atoms with van der Waals surface area (Å²) in [7, 11) is 0. The topological polar surface area (TPSA) is 56.9 Å². The zero-order valence-electron chi connectivity index (χ0n) is 13.5. The van der Waals surface area contributed by atoms with E-state index in [4.69, 9.17) is 4.42 Å². The van der Waals surface area contributed by atoms with E-state index in [0.29, 0.717) is 31.6 Å². The van der Waals surface area contributed by atoms with Crippen LogP contribution in [0.3, 0.4) is 0 Å². The van der Waals surface area contributed by atoms with E-state index in [1.807, 2.05) is 24.0 Å². The van der Waals surface area contributed by atoms with E-state index >= 15 is 0 Å². The van der Waals surface area contributed by atoms with Gasteiger partial charge in [0.1, 0.15) is 11.5 Å². The van der Waals surface area contributed by atoms with E-state index in [0.717, 1.165) is 37.3 Å². The molecule has 2 aliphatic rings. The molecule has 1 N–H and O–H groups in total. The fourth-order valence-electron chi connectivity index (χ4n) is 3.09. The Hall–Kier alpha value is -1.33. The first-order chi connectivity index (χ1) is 10.5. The number of amides is 1. The first-order valence-electron chi connectivity index (χ1n) is 8.28. The summed E-state index contributed by atoms with van der Waals surface area (Å²) < 4.78 is 5.62. The van der Waals surface area contributed by atoms with Crippen molar-refractivity contribution in [1.29, 1.82) is 0 Å². The fraction of sp³-hybridized carbons (Fsp3) is 0.706. The lowest BCUT2D eigenvalue weighted by Gasteiger charge is -2.35. The molecule has 1 saturated carbocycles. The van der Waals surface area contributed by atoms with Crippen molar-refractivity contribution in [3.8, 4) is 0 Å². The predicted octanol–water partition coefficient (Wildman–Crippen LogP) is 1.78. The van der Waals surface area contributed by atoms with Crippen LogP contribution >= 0.6 is 0 Å². The van der Waals surface area contributed by atoms with Crippen molar-refractivity contribution < 1.29 is 14.3 Å². The molecule has 122 valence electrons. The lowest BCUT2D eigenvalue weighted by Crippen LogP contribution is -2.48. The van der Waals surface area contributed by atoms with Crippen LogP contribution in [0.1, 0.15) is 37.7 Å². The smallest absolute Gasteiger partial charge is 0.237 e. The van der Waals surface area contributed by atoms with Crippen LogP contribution in [0.4, 0.5) is 0 Å². The number of aryl methyl sites for hydroxylation is 1. The number of rotatable bonds is 5. The first-order valence-corrected chi connectivity index (χ1v) is 8.28. The molecular weight excluding hydrogens is 280 g/mol. The van der Waals surface area contributed by atoms with Crippen molar-refractivity contribution >= 4 is 5.91 Å². The van der Waals surface area contributed by atoms with Crippen LogP contribution in [0, 0.1) is 12.8 Å². The van der Waals surface area contributed by atoms with Crippen molar-refractivity contribution in [2.75, 3.05) is 19.6 Å². The highest BCUT2D eigenvalue weighted by atomic mass is 16.3. The van der Waals surface area contributed by atoms with Crippen molar-refractivity contribution in [3.63, 3.8) is 0 Å². The molecular formula is C17H26N2O3. The van der Waals surface area contributed by atoms with Gasteiger partial charge < -0.3 is 14.4 Å². The number of furan rings is 1. The van der Waals surface area contributed by atoms with Crippen molar-refractivity contribution in [3.05, 3.63) is 23.7 Å². The molecule has 0 bridgehead atoms. The molecule has 3 rings (SSSR count). The van der Waals surface area contributed by atoms with Crippen LogP contribution < -0.4 is 0 Å². The van der Waals surface area contributed by atoms with E-state index in [1.165, 1.54) is 0 Å². The summed E-state index contributed by atoms with van der Waals surface area (Å²) in [5, 5.41) is 9.98. The molecule has 0 spiro atoms. The molecule has 1 aliphatic heterocycles. The first kappa shape index (κ1) is 15.6. The van der Waals surface area contributed by atoms with Gasteiger partial charge in [-0.3, -0.25) is 9.69 Å². The van der Waals surface area contributed by atoms with Gasteiger partial charge in [-0.1, -0.05) is 6.92 Å². The molecule has 2 atom stereocenters. The van der Waals surface area contributed by atoms with E-state index in [1.54, 1.807) is 0 Å². The number of aliphatic hydroxyl groups excluding tert-OH is 1. The van der Waals surface area contributed by atoms with Crippen LogP contribution in [0.2, 0.25) is 0 Å². The number of likely N-dealkylation sites (tertiary alicyclic amines) is 1. The minimum Gasteiger partial charge on any atom is -0.464 e. The van der Waals surface area contributed by atoms with E-state index < -0.39 is 0 Å². The monoisotopic (exact) mass is 306 g/mol. The second kappa shape index (κ2) is 6.42. The summed E-state index contributed by atoms with van der Waals surface area (Å²) in [4.78, 5) is 16.7. The lowest BCUT2D eigenvalue weighted by molar-refractivity contribution is -0.135. The summed E-state index contributed by atoms with van der Waals surface area (Å²) in [5.74, 6) is 2.21. The zero-order valence-corrected chi connectivity index (χ0v) is 13.5. The molecule has 2 heterocycles. The second-order valence-corrected chi connectivity index (χ2v) is 6.83. The largest absolute Gasteiger partial charge is 0.464 e. The third-order valence-electron chi connectivity index (χ3n) is 4.79. The molecule has 1 aliphatic carbocycles. The van der Waals surface area contributed by atoms with Gasteiger partial charge in [-0.2, -0.15) is 0 Å². The minimum atomic E-state index is -0.316. The maximum Gasteiger partial charge on any atom is 0.237 e. The van der Waals surface area contributed by atoms with Gasteiger partial charge >= 0.3 is 0 Å². The van der Waals surface area contributed by atoms with Crippen molar-refractivity contribution in [2.45, 2.75) is 51.8 Å². The van der Waals surface area contributed by atoms with Crippen LogP contribution in [-0.4, -0.2) is 52.6 Å². The molecule has 0 aromatic carbocycles. The van der Waals surface area contributed by atoms with Gasteiger partial charge in [-0.15, -0.1) is 0 Å². The molecule has 1 aromatic rings. The molecule has 5 heteroatoms. The molecule has 1 amide bonds. The lowest BCUT2D eigenvalue weighted by atomic mass is 9.96. The van der Waals surface area contributed by atoms with Crippen LogP contribution in [0.25, 0.3) is 0 Å².